The molecule has 1 aromatic heterocycles. The second kappa shape index (κ2) is 5.89. The minimum Gasteiger partial charge on any atom is -0.377 e. The van der Waals surface area contributed by atoms with E-state index in [0.717, 1.165) is 23.9 Å². The number of aromatic nitrogens is 2. The van der Waals surface area contributed by atoms with Crippen LogP contribution in [-0.2, 0) is 4.74 Å². The van der Waals surface area contributed by atoms with Gasteiger partial charge < -0.3 is 10.1 Å². The average molecular weight is 267 g/mol. The first-order chi connectivity index (χ1) is 8.63. The molecule has 1 aliphatic heterocycles. The zero-order valence-corrected chi connectivity index (χ0v) is 12.3. The summed E-state index contributed by atoms with van der Waals surface area (Å²) in [6.45, 7) is 7.36. The molecular formula is C13H21N3OS. The third kappa shape index (κ3) is 2.78. The predicted molar refractivity (Wildman–Crippen MR) is 75.3 cm³/mol. The van der Waals surface area contributed by atoms with Gasteiger partial charge in [0.25, 0.3) is 0 Å². The Balaban J connectivity index is 2.26. The third-order valence-electron chi connectivity index (χ3n) is 3.23. The molecule has 0 saturated carbocycles. The van der Waals surface area contributed by atoms with Gasteiger partial charge in [0, 0.05) is 24.5 Å². The predicted octanol–water partition coefficient (Wildman–Crippen LogP) is 2.91. The molecule has 0 amide bonds. The van der Waals surface area contributed by atoms with Crippen molar-refractivity contribution in [2.45, 2.75) is 49.5 Å². The average Bonchev–Trinajstić information content (AvgIpc) is 2.74. The Morgan fingerprint density at radius 1 is 1.44 bits per heavy atom. The molecule has 2 heterocycles. The third-order valence-corrected chi connectivity index (χ3v) is 4.70. The van der Waals surface area contributed by atoms with E-state index in [9.17, 15) is 0 Å². The highest BCUT2D eigenvalue weighted by molar-refractivity contribution is 8.00. The number of anilines is 1. The molecule has 0 radical (unpaired) electrons. The molecule has 1 N–H and O–H groups in total. The van der Waals surface area contributed by atoms with Gasteiger partial charge in [-0.25, -0.2) is 9.97 Å². The lowest BCUT2D eigenvalue weighted by molar-refractivity contribution is 0.127. The van der Waals surface area contributed by atoms with Crippen molar-refractivity contribution in [3.63, 3.8) is 0 Å². The van der Waals surface area contributed by atoms with Crippen LogP contribution in [-0.4, -0.2) is 35.0 Å². The zero-order chi connectivity index (χ0) is 13.1. The Labute approximate surface area is 113 Å². The van der Waals surface area contributed by atoms with E-state index in [1.54, 1.807) is 6.33 Å². The number of nitrogens with zero attached hydrogens (tertiary/aromatic N) is 2. The quantitative estimate of drug-likeness (QED) is 0.850. The smallest absolute Gasteiger partial charge is 0.133 e. The van der Waals surface area contributed by atoms with Crippen LogP contribution < -0.4 is 5.32 Å². The SMILES string of the molecule is CNc1ncnc(SC2CCOC2C)c1C(C)C. The van der Waals surface area contributed by atoms with Crippen molar-refractivity contribution in [1.82, 2.24) is 9.97 Å². The maximum Gasteiger partial charge on any atom is 0.133 e. The topological polar surface area (TPSA) is 47.0 Å². The number of nitrogens with one attached hydrogen (secondary N) is 1. The second-order valence-corrected chi connectivity index (χ2v) is 6.09. The van der Waals surface area contributed by atoms with E-state index in [1.165, 1.54) is 5.56 Å². The van der Waals surface area contributed by atoms with E-state index in [1.807, 2.05) is 18.8 Å². The molecule has 100 valence electrons. The lowest BCUT2D eigenvalue weighted by atomic mass is 10.1. The van der Waals surface area contributed by atoms with Crippen LogP contribution in [0.4, 0.5) is 5.82 Å². The zero-order valence-electron chi connectivity index (χ0n) is 11.4. The molecule has 18 heavy (non-hydrogen) atoms. The number of hydrogen-bond donors (Lipinski definition) is 1. The normalized spacial score (nSPS) is 23.6. The van der Waals surface area contributed by atoms with Crippen molar-refractivity contribution in [3.05, 3.63) is 11.9 Å². The van der Waals surface area contributed by atoms with Crippen molar-refractivity contribution < 1.29 is 4.74 Å². The van der Waals surface area contributed by atoms with Crippen LogP contribution in [0.5, 0.6) is 0 Å². The van der Waals surface area contributed by atoms with Crippen molar-refractivity contribution in [2.24, 2.45) is 0 Å². The van der Waals surface area contributed by atoms with Gasteiger partial charge in [-0.3, -0.25) is 0 Å². The van der Waals surface area contributed by atoms with Gasteiger partial charge in [-0.1, -0.05) is 25.6 Å². The van der Waals surface area contributed by atoms with Gasteiger partial charge in [-0.05, 0) is 19.3 Å². The van der Waals surface area contributed by atoms with Crippen molar-refractivity contribution in [1.29, 1.82) is 0 Å². The van der Waals surface area contributed by atoms with Crippen LogP contribution in [0.15, 0.2) is 11.4 Å². The summed E-state index contributed by atoms with van der Waals surface area (Å²) in [6, 6.07) is 0. The highest BCUT2D eigenvalue weighted by atomic mass is 32.2. The Kier molecular flexibility index (Phi) is 4.45. The van der Waals surface area contributed by atoms with Crippen molar-refractivity contribution in [2.75, 3.05) is 19.0 Å². The fourth-order valence-electron chi connectivity index (χ4n) is 2.20. The molecule has 2 atom stereocenters. The van der Waals surface area contributed by atoms with Gasteiger partial charge in [0.2, 0.25) is 0 Å². The van der Waals surface area contributed by atoms with Crippen molar-refractivity contribution >= 4 is 17.6 Å². The molecule has 0 spiro atoms. The lowest BCUT2D eigenvalue weighted by Gasteiger charge is -2.18. The molecular weight excluding hydrogens is 246 g/mol. The first-order valence-electron chi connectivity index (χ1n) is 6.44. The summed E-state index contributed by atoms with van der Waals surface area (Å²) in [5, 5.41) is 4.75. The molecule has 2 rings (SSSR count). The van der Waals surface area contributed by atoms with Gasteiger partial charge in [-0.2, -0.15) is 0 Å². The van der Waals surface area contributed by atoms with E-state index in [0.29, 0.717) is 17.3 Å². The van der Waals surface area contributed by atoms with Crippen LogP contribution in [0.25, 0.3) is 0 Å². The molecule has 5 heteroatoms. The van der Waals surface area contributed by atoms with Crippen LogP contribution in [0, 0.1) is 0 Å². The molecule has 0 aromatic carbocycles. The first-order valence-corrected chi connectivity index (χ1v) is 7.32. The van der Waals surface area contributed by atoms with Gasteiger partial charge in [0.05, 0.1) is 6.10 Å². The summed E-state index contributed by atoms with van der Waals surface area (Å²) in [5.41, 5.74) is 1.21. The summed E-state index contributed by atoms with van der Waals surface area (Å²) in [6.07, 6.45) is 3.05. The number of ether oxygens (including phenoxy) is 1. The largest absolute Gasteiger partial charge is 0.377 e. The van der Waals surface area contributed by atoms with E-state index >= 15 is 0 Å². The summed E-state index contributed by atoms with van der Waals surface area (Å²) < 4.78 is 5.61. The Morgan fingerprint density at radius 3 is 2.78 bits per heavy atom. The summed E-state index contributed by atoms with van der Waals surface area (Å²) >= 11 is 1.83. The molecule has 1 saturated heterocycles. The van der Waals surface area contributed by atoms with E-state index in [-0.39, 0.29) is 0 Å². The monoisotopic (exact) mass is 267 g/mol. The van der Waals surface area contributed by atoms with Crippen LogP contribution in [0.2, 0.25) is 0 Å². The molecule has 1 fully saturated rings. The highest BCUT2D eigenvalue weighted by Crippen LogP contribution is 2.37. The minimum absolute atomic E-state index is 0.308. The van der Waals surface area contributed by atoms with Gasteiger partial charge in [0.15, 0.2) is 0 Å². The molecule has 1 aliphatic rings. The van der Waals surface area contributed by atoms with Crippen LogP contribution in [0.3, 0.4) is 0 Å². The van der Waals surface area contributed by atoms with Crippen LogP contribution >= 0.6 is 11.8 Å². The lowest BCUT2D eigenvalue weighted by Crippen LogP contribution is -2.14. The second-order valence-electron chi connectivity index (χ2n) is 4.87. The summed E-state index contributed by atoms with van der Waals surface area (Å²) in [5.74, 6) is 1.35. The summed E-state index contributed by atoms with van der Waals surface area (Å²) in [4.78, 5) is 8.77. The minimum atomic E-state index is 0.308. The fourth-order valence-corrected chi connectivity index (χ4v) is 3.54. The highest BCUT2D eigenvalue weighted by Gasteiger charge is 2.27. The Bertz CT molecular complexity index is 411. The molecule has 2 unspecified atom stereocenters. The van der Waals surface area contributed by atoms with Gasteiger partial charge in [0.1, 0.15) is 17.2 Å². The maximum absolute atomic E-state index is 5.61. The Morgan fingerprint density at radius 2 is 2.22 bits per heavy atom. The van der Waals surface area contributed by atoms with Crippen LogP contribution in [0.1, 0.15) is 38.7 Å². The van der Waals surface area contributed by atoms with Crippen molar-refractivity contribution in [3.8, 4) is 0 Å². The Hall–Kier alpha value is -0.810. The number of thioether (sulfide) groups is 1. The first kappa shape index (κ1) is 13.6. The fraction of sp³-hybridized carbons (Fsp3) is 0.692. The van der Waals surface area contributed by atoms with E-state index < -0.39 is 0 Å². The molecule has 0 aliphatic carbocycles. The molecule has 4 nitrogen and oxygen atoms in total. The maximum atomic E-state index is 5.61. The van der Waals surface area contributed by atoms with E-state index in [2.05, 4.69) is 36.1 Å². The summed E-state index contributed by atoms with van der Waals surface area (Å²) in [7, 11) is 1.91. The van der Waals surface area contributed by atoms with E-state index in [4.69, 9.17) is 4.74 Å². The molecule has 0 bridgehead atoms. The van der Waals surface area contributed by atoms with Gasteiger partial charge in [-0.15, -0.1) is 0 Å². The standard InChI is InChI=1S/C13H21N3OS/c1-8(2)11-12(14-4)15-7-16-13(11)18-10-5-6-17-9(10)3/h7-10H,5-6H2,1-4H3,(H,14,15,16). The number of hydrogen-bond acceptors (Lipinski definition) is 5. The molecule has 1 aromatic rings. The van der Waals surface area contributed by atoms with Gasteiger partial charge >= 0.3 is 0 Å². The number of rotatable bonds is 4.